The summed E-state index contributed by atoms with van der Waals surface area (Å²) in [5.41, 5.74) is 0.681. The quantitative estimate of drug-likeness (QED) is 0.809. The largest absolute Gasteiger partial charge is 0.352 e. The van der Waals surface area contributed by atoms with Crippen LogP contribution in [0.5, 0.6) is 0 Å². The number of amides is 2. The molecule has 0 fully saturated rings. The summed E-state index contributed by atoms with van der Waals surface area (Å²) in [6, 6.07) is 7.00. The first-order valence-electron chi connectivity index (χ1n) is 7.31. The molecule has 1 aromatic rings. The average Bonchev–Trinajstić information content (AvgIpc) is 2.40. The van der Waals surface area contributed by atoms with Gasteiger partial charge in [0.2, 0.25) is 11.8 Å². The van der Waals surface area contributed by atoms with Crippen molar-refractivity contribution in [3.63, 3.8) is 0 Å². The van der Waals surface area contributed by atoms with Crippen molar-refractivity contribution >= 4 is 29.1 Å². The first-order chi connectivity index (χ1) is 10.3. The molecule has 0 saturated carbocycles. The Bertz CT molecular complexity index is 503. The van der Waals surface area contributed by atoms with Crippen molar-refractivity contribution in [1.82, 2.24) is 10.2 Å². The molecule has 1 rings (SSSR count). The maximum absolute atomic E-state index is 11.9. The number of hydrogen-bond donors (Lipinski definition) is 2. The molecule has 0 aliphatic carbocycles. The van der Waals surface area contributed by atoms with Crippen LogP contribution in [0.15, 0.2) is 24.3 Å². The highest BCUT2D eigenvalue weighted by molar-refractivity contribution is 6.30. The van der Waals surface area contributed by atoms with Gasteiger partial charge in [0.1, 0.15) is 0 Å². The smallest absolute Gasteiger partial charge is 0.238 e. The zero-order valence-electron chi connectivity index (χ0n) is 13.5. The lowest BCUT2D eigenvalue weighted by atomic mass is 10.1. The van der Waals surface area contributed by atoms with E-state index in [2.05, 4.69) is 10.6 Å². The van der Waals surface area contributed by atoms with Crippen molar-refractivity contribution in [3.8, 4) is 0 Å². The highest BCUT2D eigenvalue weighted by Gasteiger charge is 2.14. The molecule has 2 N–H and O–H groups in total. The second kappa shape index (κ2) is 8.76. The van der Waals surface area contributed by atoms with E-state index >= 15 is 0 Å². The van der Waals surface area contributed by atoms with Gasteiger partial charge in [0.15, 0.2) is 0 Å². The third-order valence-electron chi connectivity index (χ3n) is 3.34. The summed E-state index contributed by atoms with van der Waals surface area (Å²) in [5, 5.41) is 6.29. The van der Waals surface area contributed by atoms with Crippen LogP contribution in [0, 0.1) is 5.92 Å². The van der Waals surface area contributed by atoms with Gasteiger partial charge in [0, 0.05) is 16.8 Å². The van der Waals surface area contributed by atoms with E-state index < -0.39 is 0 Å². The first kappa shape index (κ1) is 18.5. The zero-order valence-corrected chi connectivity index (χ0v) is 14.3. The minimum absolute atomic E-state index is 0.0806. The van der Waals surface area contributed by atoms with E-state index in [-0.39, 0.29) is 30.9 Å². The van der Waals surface area contributed by atoms with Crippen LogP contribution in [0.3, 0.4) is 0 Å². The number of hydrogen-bond acceptors (Lipinski definition) is 3. The van der Waals surface area contributed by atoms with Crippen LogP contribution < -0.4 is 10.6 Å². The molecule has 22 heavy (non-hydrogen) atoms. The molecule has 0 bridgehead atoms. The summed E-state index contributed by atoms with van der Waals surface area (Å²) in [5.74, 6) is 0.125. The van der Waals surface area contributed by atoms with Crippen molar-refractivity contribution in [2.24, 2.45) is 5.92 Å². The zero-order chi connectivity index (χ0) is 16.7. The molecule has 6 heteroatoms. The lowest BCUT2D eigenvalue weighted by molar-refractivity contribution is -0.123. The fourth-order valence-corrected chi connectivity index (χ4v) is 1.87. The SMILES string of the molecule is CC(C)[C@H](C)NC(=O)CN(C)CC(=O)Nc1ccc(Cl)cc1. The number of likely N-dealkylation sites (N-methyl/N-ethyl adjacent to an activating group) is 1. The second-order valence-corrected chi connectivity index (χ2v) is 6.26. The Kier molecular flexibility index (Phi) is 7.35. The minimum atomic E-state index is -0.172. The standard InChI is InChI=1S/C16H24ClN3O2/c1-11(2)12(3)18-15(21)9-20(4)10-16(22)19-14-7-5-13(17)6-8-14/h5-8,11-12H,9-10H2,1-4H3,(H,18,21)(H,19,22)/t12-/m0/s1. The molecule has 0 aliphatic rings. The fraction of sp³-hybridized carbons (Fsp3) is 0.500. The number of halogens is 1. The van der Waals surface area contributed by atoms with Crippen LogP contribution in [0.25, 0.3) is 0 Å². The number of carbonyl (C=O) groups is 2. The number of rotatable bonds is 7. The monoisotopic (exact) mass is 325 g/mol. The highest BCUT2D eigenvalue weighted by atomic mass is 35.5. The summed E-state index contributed by atoms with van der Waals surface area (Å²) in [6.07, 6.45) is 0. The fourth-order valence-electron chi connectivity index (χ4n) is 1.75. The third kappa shape index (κ3) is 6.91. The van der Waals surface area contributed by atoms with E-state index in [4.69, 9.17) is 11.6 Å². The van der Waals surface area contributed by atoms with Gasteiger partial charge in [0.25, 0.3) is 0 Å². The second-order valence-electron chi connectivity index (χ2n) is 5.83. The highest BCUT2D eigenvalue weighted by Crippen LogP contribution is 2.13. The maximum Gasteiger partial charge on any atom is 0.238 e. The molecular weight excluding hydrogens is 302 g/mol. The molecule has 122 valence electrons. The van der Waals surface area contributed by atoms with E-state index in [1.54, 1.807) is 36.2 Å². The molecule has 5 nitrogen and oxygen atoms in total. The van der Waals surface area contributed by atoms with Crippen molar-refractivity contribution in [1.29, 1.82) is 0 Å². The van der Waals surface area contributed by atoms with E-state index in [0.29, 0.717) is 16.6 Å². The van der Waals surface area contributed by atoms with E-state index in [1.807, 2.05) is 20.8 Å². The van der Waals surface area contributed by atoms with E-state index in [0.717, 1.165) is 0 Å². The van der Waals surface area contributed by atoms with Crippen LogP contribution in [0.2, 0.25) is 5.02 Å². The van der Waals surface area contributed by atoms with Crippen molar-refractivity contribution in [2.45, 2.75) is 26.8 Å². The number of nitrogens with one attached hydrogen (secondary N) is 2. The van der Waals surface area contributed by atoms with E-state index in [1.165, 1.54) is 0 Å². The lowest BCUT2D eigenvalue weighted by Crippen LogP contribution is -2.43. The third-order valence-corrected chi connectivity index (χ3v) is 3.60. The summed E-state index contributed by atoms with van der Waals surface area (Å²) >= 11 is 5.79. The predicted molar refractivity (Wildman–Crippen MR) is 90.0 cm³/mol. The Morgan fingerprint density at radius 2 is 1.64 bits per heavy atom. The van der Waals surface area contributed by atoms with Gasteiger partial charge in [-0.15, -0.1) is 0 Å². The number of benzene rings is 1. The summed E-state index contributed by atoms with van der Waals surface area (Å²) < 4.78 is 0. The summed E-state index contributed by atoms with van der Waals surface area (Å²) in [4.78, 5) is 25.4. The number of nitrogens with zero attached hydrogens (tertiary/aromatic N) is 1. The Balaban J connectivity index is 2.37. The molecule has 0 heterocycles. The van der Waals surface area contributed by atoms with Gasteiger partial charge in [-0.1, -0.05) is 25.4 Å². The molecule has 0 saturated heterocycles. The van der Waals surface area contributed by atoms with Crippen LogP contribution in [-0.2, 0) is 9.59 Å². The van der Waals surface area contributed by atoms with Crippen LogP contribution >= 0.6 is 11.6 Å². The van der Waals surface area contributed by atoms with Gasteiger partial charge in [0.05, 0.1) is 13.1 Å². The molecule has 0 aliphatic heterocycles. The molecule has 0 spiro atoms. The molecular formula is C16H24ClN3O2. The maximum atomic E-state index is 11.9. The van der Waals surface area contributed by atoms with Crippen molar-refractivity contribution in [2.75, 3.05) is 25.5 Å². The Morgan fingerprint density at radius 1 is 1.09 bits per heavy atom. The van der Waals surface area contributed by atoms with Gasteiger partial charge in [-0.2, -0.15) is 0 Å². The first-order valence-corrected chi connectivity index (χ1v) is 7.69. The molecule has 0 unspecified atom stereocenters. The molecule has 0 aromatic heterocycles. The molecule has 1 atom stereocenters. The Labute approximate surface area is 137 Å². The van der Waals surface area contributed by atoms with Gasteiger partial charge in [-0.05, 0) is 44.2 Å². The molecule has 2 amide bonds. The van der Waals surface area contributed by atoms with E-state index in [9.17, 15) is 9.59 Å². The topological polar surface area (TPSA) is 61.4 Å². The lowest BCUT2D eigenvalue weighted by Gasteiger charge is -2.20. The van der Waals surface area contributed by atoms with Gasteiger partial charge < -0.3 is 10.6 Å². The molecule has 1 aromatic carbocycles. The molecule has 0 radical (unpaired) electrons. The van der Waals surface area contributed by atoms with Crippen LogP contribution in [0.1, 0.15) is 20.8 Å². The van der Waals surface area contributed by atoms with Gasteiger partial charge in [-0.25, -0.2) is 0 Å². The summed E-state index contributed by atoms with van der Waals surface area (Å²) in [7, 11) is 1.74. The number of carbonyl (C=O) groups excluding carboxylic acids is 2. The van der Waals surface area contributed by atoms with Crippen molar-refractivity contribution < 1.29 is 9.59 Å². The Hall–Kier alpha value is -1.59. The average molecular weight is 326 g/mol. The summed E-state index contributed by atoms with van der Waals surface area (Å²) in [6.45, 7) is 6.40. The minimum Gasteiger partial charge on any atom is -0.352 e. The predicted octanol–water partition coefficient (Wildman–Crippen LogP) is 2.37. The van der Waals surface area contributed by atoms with Gasteiger partial charge >= 0.3 is 0 Å². The van der Waals surface area contributed by atoms with Gasteiger partial charge in [-0.3, -0.25) is 14.5 Å². The van der Waals surface area contributed by atoms with Crippen LogP contribution in [-0.4, -0.2) is 42.9 Å². The van der Waals surface area contributed by atoms with Crippen LogP contribution in [0.4, 0.5) is 5.69 Å². The Morgan fingerprint density at radius 3 is 2.18 bits per heavy atom. The van der Waals surface area contributed by atoms with Crippen molar-refractivity contribution in [3.05, 3.63) is 29.3 Å². The normalized spacial score (nSPS) is 12.3. The number of anilines is 1.